The van der Waals surface area contributed by atoms with Crippen LogP contribution in [0.2, 0.25) is 0 Å². The molecule has 0 aliphatic carbocycles. The van der Waals surface area contributed by atoms with Crippen molar-refractivity contribution in [2.75, 3.05) is 40.5 Å². The Morgan fingerprint density at radius 3 is 2.43 bits per heavy atom. The van der Waals surface area contributed by atoms with Gasteiger partial charge in [0.2, 0.25) is 5.91 Å². The maximum Gasteiger partial charge on any atom is 0.254 e. The number of amides is 2. The maximum absolute atomic E-state index is 13.8. The monoisotopic (exact) mass is 482 g/mol. The van der Waals surface area contributed by atoms with Gasteiger partial charge in [0.15, 0.2) is 17.8 Å². The minimum atomic E-state index is -0.596. The Bertz CT molecular complexity index is 1070. The third kappa shape index (κ3) is 4.86. The van der Waals surface area contributed by atoms with E-state index in [1.807, 2.05) is 36.9 Å². The number of rotatable bonds is 10. The minimum absolute atomic E-state index is 0.0998. The maximum atomic E-state index is 13.8. The normalized spacial score (nSPS) is 18.5. The minimum Gasteiger partial charge on any atom is -0.493 e. The quantitative estimate of drug-likeness (QED) is 0.522. The van der Waals surface area contributed by atoms with Crippen LogP contribution in [0.3, 0.4) is 0 Å². The highest BCUT2D eigenvalue weighted by Crippen LogP contribution is 2.48. The summed E-state index contributed by atoms with van der Waals surface area (Å²) in [5.41, 5.74) is 3.29. The molecular formula is C27H34N2O6. The average Bonchev–Trinajstić information content (AvgIpc) is 2.88. The molecule has 8 heteroatoms. The molecule has 1 N–H and O–H groups in total. The summed E-state index contributed by atoms with van der Waals surface area (Å²) in [7, 11) is 3.09. The lowest BCUT2D eigenvalue weighted by molar-refractivity contribution is -0.140. The van der Waals surface area contributed by atoms with E-state index in [1.165, 1.54) is 7.11 Å². The first kappa shape index (κ1) is 25.0. The molecule has 8 nitrogen and oxygen atoms in total. The number of nitrogens with one attached hydrogen (secondary N) is 1. The van der Waals surface area contributed by atoms with Crippen molar-refractivity contribution < 1.29 is 28.5 Å². The van der Waals surface area contributed by atoms with Gasteiger partial charge in [0.1, 0.15) is 0 Å². The Morgan fingerprint density at radius 2 is 1.74 bits per heavy atom. The lowest BCUT2D eigenvalue weighted by Crippen LogP contribution is -2.50. The van der Waals surface area contributed by atoms with Crippen molar-refractivity contribution in [3.05, 3.63) is 58.7 Å². The molecule has 0 radical (unpaired) electrons. The van der Waals surface area contributed by atoms with Crippen molar-refractivity contribution in [2.45, 2.75) is 44.9 Å². The number of hydrogen-bond acceptors (Lipinski definition) is 6. The molecule has 2 amide bonds. The van der Waals surface area contributed by atoms with E-state index < -0.39 is 12.0 Å². The number of carbonyl (C=O) groups excluding carboxylic acids is 2. The van der Waals surface area contributed by atoms with Crippen LogP contribution in [0.4, 0.5) is 0 Å². The first-order chi connectivity index (χ1) is 17.0. The zero-order chi connectivity index (χ0) is 24.9. The van der Waals surface area contributed by atoms with Gasteiger partial charge in [-0.3, -0.25) is 9.59 Å². The van der Waals surface area contributed by atoms with Gasteiger partial charge in [-0.2, -0.15) is 0 Å². The lowest BCUT2D eigenvalue weighted by Gasteiger charge is -2.45. The van der Waals surface area contributed by atoms with E-state index in [4.69, 9.17) is 18.9 Å². The standard InChI is InChI=1S/C27H34N2O6/c1-5-34-23(35-6-2)11-13-28-26(30)24-19-15-21(32-3)22(33-4)16-20(19)27(31)29-14-12-17-9-7-8-10-18(17)25(24)29/h7-10,15-16,23-25H,5-6,11-14H2,1-4H3,(H,28,30)/t24-,25+/m1/s1. The summed E-state index contributed by atoms with van der Waals surface area (Å²) in [5, 5.41) is 3.08. The predicted octanol–water partition coefficient (Wildman–Crippen LogP) is 3.45. The molecule has 0 fully saturated rings. The summed E-state index contributed by atoms with van der Waals surface area (Å²) in [6, 6.07) is 11.1. The molecule has 2 aromatic carbocycles. The molecule has 35 heavy (non-hydrogen) atoms. The highest BCUT2D eigenvalue weighted by Gasteiger charge is 2.46. The molecule has 2 heterocycles. The SMILES string of the molecule is CCOC(CCNC(=O)[C@@H]1c2cc(OC)c(OC)cc2C(=O)N2CCc3ccccc3[C@@H]12)OCC. The molecule has 0 aromatic heterocycles. The van der Waals surface area contributed by atoms with Crippen LogP contribution in [0.15, 0.2) is 36.4 Å². The van der Waals surface area contributed by atoms with Gasteiger partial charge in [-0.1, -0.05) is 24.3 Å². The Balaban J connectivity index is 1.71. The van der Waals surface area contributed by atoms with Gasteiger partial charge in [0, 0.05) is 38.3 Å². The molecule has 2 atom stereocenters. The number of benzene rings is 2. The summed E-state index contributed by atoms with van der Waals surface area (Å²) in [6.45, 7) is 5.84. The van der Waals surface area contributed by atoms with Crippen LogP contribution >= 0.6 is 0 Å². The molecule has 0 saturated heterocycles. The zero-order valence-corrected chi connectivity index (χ0v) is 20.8. The number of methoxy groups -OCH3 is 2. The van der Waals surface area contributed by atoms with Crippen LogP contribution in [0.1, 0.15) is 59.3 Å². The lowest BCUT2D eigenvalue weighted by atomic mass is 9.75. The summed E-state index contributed by atoms with van der Waals surface area (Å²) in [4.78, 5) is 29.2. The first-order valence-corrected chi connectivity index (χ1v) is 12.2. The van der Waals surface area contributed by atoms with Crippen molar-refractivity contribution in [3.8, 4) is 11.5 Å². The Labute approximate surface area is 206 Å². The smallest absolute Gasteiger partial charge is 0.254 e. The molecule has 188 valence electrons. The van der Waals surface area contributed by atoms with Crippen LogP contribution in [0.5, 0.6) is 11.5 Å². The molecule has 0 bridgehead atoms. The van der Waals surface area contributed by atoms with Gasteiger partial charge in [-0.15, -0.1) is 0 Å². The van der Waals surface area contributed by atoms with E-state index in [2.05, 4.69) is 11.4 Å². The molecular weight excluding hydrogens is 448 g/mol. The van der Waals surface area contributed by atoms with Gasteiger partial charge in [0.25, 0.3) is 5.91 Å². The van der Waals surface area contributed by atoms with Crippen molar-refractivity contribution >= 4 is 11.8 Å². The van der Waals surface area contributed by atoms with Gasteiger partial charge in [-0.05, 0) is 49.1 Å². The second kappa shape index (κ2) is 11.1. The van der Waals surface area contributed by atoms with Crippen molar-refractivity contribution in [1.29, 1.82) is 0 Å². The van der Waals surface area contributed by atoms with E-state index >= 15 is 0 Å². The second-order valence-corrected chi connectivity index (χ2v) is 8.58. The fraction of sp³-hybridized carbons (Fsp3) is 0.481. The highest BCUT2D eigenvalue weighted by atomic mass is 16.7. The Morgan fingerprint density at radius 1 is 1.06 bits per heavy atom. The molecule has 2 aliphatic heterocycles. The number of ether oxygens (including phenoxy) is 4. The number of carbonyl (C=O) groups is 2. The van der Waals surface area contributed by atoms with Crippen molar-refractivity contribution in [2.24, 2.45) is 0 Å². The molecule has 2 aliphatic rings. The fourth-order valence-electron chi connectivity index (χ4n) is 5.14. The molecule has 0 unspecified atom stereocenters. The zero-order valence-electron chi connectivity index (χ0n) is 20.8. The van der Waals surface area contributed by atoms with Gasteiger partial charge in [0.05, 0.1) is 26.2 Å². The summed E-state index contributed by atoms with van der Waals surface area (Å²) in [6.07, 6.45) is 0.907. The van der Waals surface area contributed by atoms with E-state index in [1.54, 1.807) is 19.2 Å². The summed E-state index contributed by atoms with van der Waals surface area (Å²) >= 11 is 0. The Hall–Kier alpha value is -3.10. The van der Waals surface area contributed by atoms with E-state index in [-0.39, 0.29) is 18.1 Å². The van der Waals surface area contributed by atoms with E-state index in [9.17, 15) is 9.59 Å². The van der Waals surface area contributed by atoms with Crippen LogP contribution < -0.4 is 14.8 Å². The molecule has 4 rings (SSSR count). The van der Waals surface area contributed by atoms with Gasteiger partial charge >= 0.3 is 0 Å². The van der Waals surface area contributed by atoms with Crippen LogP contribution in [0, 0.1) is 0 Å². The number of nitrogens with zero attached hydrogens (tertiary/aromatic N) is 1. The first-order valence-electron chi connectivity index (χ1n) is 12.2. The predicted molar refractivity (Wildman–Crippen MR) is 131 cm³/mol. The largest absolute Gasteiger partial charge is 0.493 e. The molecule has 0 spiro atoms. The van der Waals surface area contributed by atoms with Crippen LogP contribution in [0.25, 0.3) is 0 Å². The van der Waals surface area contributed by atoms with Gasteiger partial charge < -0.3 is 29.2 Å². The second-order valence-electron chi connectivity index (χ2n) is 8.58. The van der Waals surface area contributed by atoms with Gasteiger partial charge in [-0.25, -0.2) is 0 Å². The van der Waals surface area contributed by atoms with Crippen LogP contribution in [-0.2, 0) is 20.7 Å². The number of hydrogen-bond donors (Lipinski definition) is 1. The highest BCUT2D eigenvalue weighted by molar-refractivity contribution is 6.02. The van der Waals surface area contributed by atoms with E-state index in [0.717, 1.165) is 17.5 Å². The molecule has 0 saturated carbocycles. The third-order valence-electron chi connectivity index (χ3n) is 6.70. The number of fused-ring (bicyclic) bond motifs is 4. The average molecular weight is 483 g/mol. The fourth-order valence-corrected chi connectivity index (χ4v) is 5.14. The Kier molecular flexibility index (Phi) is 7.93. The summed E-state index contributed by atoms with van der Waals surface area (Å²) < 4.78 is 22.2. The third-order valence-corrected chi connectivity index (χ3v) is 6.70. The van der Waals surface area contributed by atoms with Crippen LogP contribution in [-0.4, -0.2) is 63.5 Å². The van der Waals surface area contributed by atoms with Crippen molar-refractivity contribution in [3.63, 3.8) is 0 Å². The van der Waals surface area contributed by atoms with E-state index in [0.29, 0.717) is 55.4 Å². The summed E-state index contributed by atoms with van der Waals surface area (Å²) in [5.74, 6) is 0.108. The van der Waals surface area contributed by atoms with Crippen molar-refractivity contribution in [1.82, 2.24) is 10.2 Å². The topological polar surface area (TPSA) is 86.3 Å². The molecule has 2 aromatic rings.